The van der Waals surface area contributed by atoms with Crippen molar-refractivity contribution in [3.05, 3.63) is 62.3 Å². The molecule has 1 atom stereocenters. The summed E-state index contributed by atoms with van der Waals surface area (Å²) in [7, 11) is 0. The van der Waals surface area contributed by atoms with Gasteiger partial charge in [-0.2, -0.15) is 31.8 Å². The summed E-state index contributed by atoms with van der Waals surface area (Å²) < 4.78 is 40.7. The number of alkyl halides is 3. The van der Waals surface area contributed by atoms with Crippen molar-refractivity contribution in [1.82, 2.24) is 14.8 Å². The van der Waals surface area contributed by atoms with E-state index in [0.29, 0.717) is 20.0 Å². The summed E-state index contributed by atoms with van der Waals surface area (Å²) in [5.41, 5.74) is 0.315. The second-order valence-corrected chi connectivity index (χ2v) is 9.16. The Labute approximate surface area is 194 Å². The summed E-state index contributed by atoms with van der Waals surface area (Å²) in [6, 6.07) is 4.25. The number of benzene rings is 1. The van der Waals surface area contributed by atoms with Crippen LogP contribution in [0.5, 0.6) is 0 Å². The highest BCUT2D eigenvalue weighted by Gasteiger charge is 2.35. The summed E-state index contributed by atoms with van der Waals surface area (Å²) in [5.74, 6) is -0.597. The molecule has 3 aromatic rings. The van der Waals surface area contributed by atoms with Gasteiger partial charge in [-0.15, -0.1) is 11.3 Å². The molecule has 6 nitrogen and oxygen atoms in total. The van der Waals surface area contributed by atoms with E-state index in [4.69, 9.17) is 0 Å². The van der Waals surface area contributed by atoms with E-state index in [1.54, 1.807) is 4.68 Å². The molecule has 12 heteroatoms. The molecule has 164 valence electrons. The second-order valence-electron chi connectivity index (χ2n) is 6.85. The number of amides is 1. The van der Waals surface area contributed by atoms with Crippen molar-refractivity contribution in [2.75, 3.05) is 11.4 Å². The largest absolute Gasteiger partial charge is 0.416 e. The van der Waals surface area contributed by atoms with Crippen LogP contribution in [0.4, 0.5) is 18.9 Å². The first-order valence-corrected chi connectivity index (χ1v) is 10.5. The summed E-state index contributed by atoms with van der Waals surface area (Å²) in [6.07, 6.45) is -1.52. The van der Waals surface area contributed by atoms with Gasteiger partial charge < -0.3 is 4.90 Å². The van der Waals surface area contributed by atoms with Crippen LogP contribution in [0.15, 0.2) is 40.6 Å². The fourth-order valence-corrected chi connectivity index (χ4v) is 4.55. The molecule has 0 saturated heterocycles. The van der Waals surface area contributed by atoms with Crippen LogP contribution in [0.25, 0.3) is 0 Å². The van der Waals surface area contributed by atoms with Crippen LogP contribution in [-0.2, 0) is 12.6 Å². The number of anilines is 1. The van der Waals surface area contributed by atoms with E-state index in [-0.39, 0.29) is 44.0 Å². The number of thiazole rings is 1. The van der Waals surface area contributed by atoms with E-state index in [0.717, 1.165) is 12.1 Å². The maximum absolute atomic E-state index is 13.2. The second kappa shape index (κ2) is 8.75. The first kappa shape index (κ1) is 23.5. The Bertz CT molecular complexity index is 1130. The highest BCUT2D eigenvalue weighted by atomic mass is 79.9. The molecule has 0 saturated carbocycles. The zero-order valence-corrected chi connectivity index (χ0v) is 19.4. The quantitative estimate of drug-likeness (QED) is 0.449. The topological polar surface area (TPSA) is 68.1 Å². The Morgan fingerprint density at radius 1 is 1.26 bits per heavy atom. The number of carbonyl (C=O) groups excluding carboxylic acids is 2. The molecule has 31 heavy (non-hydrogen) atoms. The summed E-state index contributed by atoms with van der Waals surface area (Å²) >= 11 is 4.41. The molecule has 2 aromatic heterocycles. The summed E-state index contributed by atoms with van der Waals surface area (Å²) in [6.45, 7) is 2.11. The van der Waals surface area contributed by atoms with Crippen molar-refractivity contribution in [3.63, 3.8) is 0 Å². The molecular weight excluding hydrogens is 517 g/mol. The molecule has 0 N–H and O–H groups in total. The average molecular weight is 533 g/mol. The third-order valence-electron chi connectivity index (χ3n) is 4.79. The minimum Gasteiger partial charge on any atom is -0.305 e. The van der Waals surface area contributed by atoms with Crippen LogP contribution in [0.3, 0.4) is 0 Å². The highest BCUT2D eigenvalue weighted by Crippen LogP contribution is 2.33. The van der Waals surface area contributed by atoms with Crippen molar-refractivity contribution in [1.29, 1.82) is 0 Å². The molecule has 1 amide bonds. The van der Waals surface area contributed by atoms with Crippen LogP contribution in [0, 0.1) is 0 Å². The summed E-state index contributed by atoms with van der Waals surface area (Å²) in [4.78, 5) is 31.6. The van der Waals surface area contributed by atoms with Crippen LogP contribution < -0.4 is 4.90 Å². The first-order valence-electron chi connectivity index (χ1n) is 8.85. The van der Waals surface area contributed by atoms with Crippen LogP contribution in [0.1, 0.15) is 44.3 Å². The van der Waals surface area contributed by atoms with Crippen molar-refractivity contribution in [2.24, 2.45) is 0 Å². The Morgan fingerprint density at radius 3 is 2.52 bits per heavy atom. The Kier molecular flexibility index (Phi) is 6.63. The predicted molar refractivity (Wildman–Crippen MR) is 118 cm³/mol. The van der Waals surface area contributed by atoms with Crippen LogP contribution in [0.2, 0.25) is 0 Å². The van der Waals surface area contributed by atoms with Gasteiger partial charge in [0.05, 0.1) is 28.9 Å². The predicted octanol–water partition coefficient (Wildman–Crippen LogP) is 4.88. The number of rotatable bonds is 4. The van der Waals surface area contributed by atoms with Gasteiger partial charge in [0, 0.05) is 24.2 Å². The van der Waals surface area contributed by atoms with Gasteiger partial charge in [0.15, 0.2) is 9.70 Å². The normalized spacial score (nSPS) is 16.1. The van der Waals surface area contributed by atoms with E-state index in [9.17, 15) is 22.8 Å². The van der Waals surface area contributed by atoms with Gasteiger partial charge in [-0.1, -0.05) is 0 Å². The molecule has 1 aliphatic rings. The lowest BCUT2D eigenvalue weighted by molar-refractivity contribution is -0.137. The van der Waals surface area contributed by atoms with Crippen molar-refractivity contribution in [2.45, 2.75) is 25.6 Å². The maximum atomic E-state index is 13.2. The van der Waals surface area contributed by atoms with Gasteiger partial charge in [-0.25, -0.2) is 4.98 Å². The van der Waals surface area contributed by atoms with Gasteiger partial charge >= 0.3 is 6.18 Å². The number of nitrogens with zero attached hydrogens (tertiary/aromatic N) is 4. The molecular formula is C19H16BrF3N4O2S2. The van der Waals surface area contributed by atoms with Crippen molar-refractivity contribution >= 4 is 58.1 Å². The lowest BCUT2D eigenvalue weighted by Gasteiger charge is -2.32. The minimum atomic E-state index is -4.45. The monoisotopic (exact) mass is 532 g/mol. The minimum absolute atomic E-state index is 0. The number of carbonyl (C=O) groups is 2. The maximum Gasteiger partial charge on any atom is 0.416 e. The molecule has 3 heterocycles. The van der Waals surface area contributed by atoms with E-state index in [2.05, 4.69) is 26.0 Å². The smallest absolute Gasteiger partial charge is 0.305 e. The molecule has 1 aromatic carbocycles. The molecule has 0 unspecified atom stereocenters. The number of hydrogen-bond acceptors (Lipinski definition) is 5. The van der Waals surface area contributed by atoms with E-state index in [1.807, 2.05) is 6.92 Å². The van der Waals surface area contributed by atoms with Gasteiger partial charge in [0.1, 0.15) is 5.69 Å². The van der Waals surface area contributed by atoms with Crippen LogP contribution in [-0.4, -0.2) is 33.0 Å². The van der Waals surface area contributed by atoms with Crippen LogP contribution >= 0.6 is 40.8 Å². The molecule has 0 radical (unpaired) electrons. The van der Waals surface area contributed by atoms with Gasteiger partial charge in [0.25, 0.3) is 5.91 Å². The zero-order chi connectivity index (χ0) is 21.6. The first-order chi connectivity index (χ1) is 14.1. The number of hydrogen-bond donors (Lipinski definition) is 0. The fraction of sp³-hybridized carbons (Fsp3) is 0.263. The number of fused-ring (bicyclic) bond motifs is 1. The molecule has 0 fully saturated rings. The van der Waals surface area contributed by atoms with E-state index < -0.39 is 17.6 Å². The Hall–Kier alpha value is -2.18. The third-order valence-corrected chi connectivity index (χ3v) is 6.31. The fourth-order valence-electron chi connectivity index (χ4n) is 3.34. The molecule has 1 aliphatic heterocycles. The number of halogens is 4. The summed E-state index contributed by atoms with van der Waals surface area (Å²) in [5, 5.41) is 4.26. The van der Waals surface area contributed by atoms with Gasteiger partial charge in [-0.3, -0.25) is 14.3 Å². The number of aromatic nitrogens is 3. The standard InChI is InChI=1S/C19H14BrF3N4O2S.H2S/c1-10-9-26(13-4-2-12(3-5-13)19(21,22)23)17(29)16-11(7-25-27(10)16)6-14(28)15-8-24-18(20)30-15;/h2-5,7-8,10H,6,9H2,1H3;1H2/t10-;/m0./s1. The van der Waals surface area contributed by atoms with E-state index in [1.165, 1.54) is 40.8 Å². The highest BCUT2D eigenvalue weighted by molar-refractivity contribution is 9.11. The van der Waals surface area contributed by atoms with E-state index >= 15 is 0 Å². The molecule has 0 spiro atoms. The SMILES string of the molecule is C[C@H]1CN(c2ccc(C(F)(F)F)cc2)C(=O)c2c(CC(=O)c3cnc(Br)s3)cnn21.S. The Balaban J connectivity index is 0.00000272. The van der Waals surface area contributed by atoms with Gasteiger partial charge in [0.2, 0.25) is 0 Å². The number of ketones is 1. The molecule has 4 rings (SSSR count). The lowest BCUT2D eigenvalue weighted by Crippen LogP contribution is -2.43. The van der Waals surface area contributed by atoms with Crippen molar-refractivity contribution < 1.29 is 22.8 Å². The molecule has 0 bridgehead atoms. The average Bonchev–Trinajstić information content (AvgIpc) is 3.31. The lowest BCUT2D eigenvalue weighted by atomic mass is 10.0. The number of Topliss-reactive ketones (excluding diaryl/α,β-unsaturated/α-hetero) is 1. The van der Waals surface area contributed by atoms with Gasteiger partial charge in [-0.05, 0) is 47.1 Å². The molecule has 0 aliphatic carbocycles. The zero-order valence-electron chi connectivity index (χ0n) is 16.0. The third kappa shape index (κ3) is 4.55. The van der Waals surface area contributed by atoms with Crippen molar-refractivity contribution in [3.8, 4) is 0 Å². The Morgan fingerprint density at radius 2 is 1.94 bits per heavy atom.